The molecule has 0 spiro atoms. The molecule has 0 atom stereocenters. The molecule has 0 saturated carbocycles. The lowest BCUT2D eigenvalue weighted by molar-refractivity contribution is 0.305. The van der Waals surface area contributed by atoms with Crippen LogP contribution in [0.3, 0.4) is 0 Å². The molecular formula is C15H21NO3S. The number of hydrogen-bond donors (Lipinski definition) is 1. The summed E-state index contributed by atoms with van der Waals surface area (Å²) in [5.74, 6) is 5.64. The Morgan fingerprint density at radius 3 is 2.65 bits per heavy atom. The van der Waals surface area contributed by atoms with Crippen molar-refractivity contribution < 1.29 is 13.5 Å². The lowest BCUT2D eigenvalue weighted by atomic mass is 10.2. The van der Waals surface area contributed by atoms with E-state index < -0.39 is 10.0 Å². The molecule has 0 fully saturated rings. The van der Waals surface area contributed by atoms with E-state index in [4.69, 9.17) is 5.11 Å². The standard InChI is InChI=1S/C15H21NO3S/c1-3-11-16(4-2)20(18,19)15-10-7-9-14(13-15)8-5-6-12-17/h7,9-10,13,17H,3-4,6,11-12H2,1-2H3. The van der Waals surface area contributed by atoms with Crippen LogP contribution in [0.1, 0.15) is 32.3 Å². The smallest absolute Gasteiger partial charge is 0.243 e. The number of aliphatic hydroxyl groups is 1. The minimum absolute atomic E-state index is 0.00506. The number of benzene rings is 1. The predicted octanol–water partition coefficient (Wildman–Crippen LogP) is 1.84. The maximum absolute atomic E-state index is 12.5. The number of rotatable bonds is 6. The summed E-state index contributed by atoms with van der Waals surface area (Å²) in [6.45, 7) is 4.76. The zero-order chi connectivity index (χ0) is 15.0. The summed E-state index contributed by atoms with van der Waals surface area (Å²) < 4.78 is 26.4. The number of sulfonamides is 1. The maximum Gasteiger partial charge on any atom is 0.243 e. The quantitative estimate of drug-likeness (QED) is 0.815. The van der Waals surface area contributed by atoms with Gasteiger partial charge in [-0.2, -0.15) is 4.31 Å². The lowest BCUT2D eigenvalue weighted by Crippen LogP contribution is -2.31. The van der Waals surface area contributed by atoms with Gasteiger partial charge >= 0.3 is 0 Å². The van der Waals surface area contributed by atoms with Gasteiger partial charge in [-0.1, -0.05) is 31.8 Å². The van der Waals surface area contributed by atoms with E-state index in [1.165, 1.54) is 4.31 Å². The van der Waals surface area contributed by atoms with E-state index in [1.54, 1.807) is 24.3 Å². The fraction of sp³-hybridized carbons (Fsp3) is 0.467. The molecule has 1 aromatic carbocycles. The highest BCUT2D eigenvalue weighted by Gasteiger charge is 2.22. The molecule has 0 aliphatic rings. The molecule has 0 radical (unpaired) electrons. The van der Waals surface area contributed by atoms with Crippen LogP contribution in [0.5, 0.6) is 0 Å². The summed E-state index contributed by atoms with van der Waals surface area (Å²) in [6, 6.07) is 6.62. The third-order valence-corrected chi connectivity index (χ3v) is 4.74. The average Bonchev–Trinajstić information content (AvgIpc) is 2.45. The third kappa shape index (κ3) is 4.34. The highest BCUT2D eigenvalue weighted by Crippen LogP contribution is 2.17. The van der Waals surface area contributed by atoms with Crippen molar-refractivity contribution in [3.8, 4) is 11.8 Å². The molecule has 1 rings (SSSR count). The summed E-state index contributed by atoms with van der Waals surface area (Å²) in [5, 5.41) is 8.69. The SMILES string of the molecule is CCCN(CC)S(=O)(=O)c1cccc(C#CCCO)c1. The van der Waals surface area contributed by atoms with Crippen LogP contribution in [0.25, 0.3) is 0 Å². The summed E-state index contributed by atoms with van der Waals surface area (Å²) in [6.07, 6.45) is 1.16. The fourth-order valence-corrected chi connectivity index (χ4v) is 3.39. The van der Waals surface area contributed by atoms with Gasteiger partial charge in [0.1, 0.15) is 0 Å². The minimum atomic E-state index is -3.45. The molecule has 0 saturated heterocycles. The van der Waals surface area contributed by atoms with E-state index in [1.807, 2.05) is 13.8 Å². The van der Waals surface area contributed by atoms with Gasteiger partial charge in [0.05, 0.1) is 11.5 Å². The first-order valence-corrected chi connectivity index (χ1v) is 8.20. The molecule has 0 heterocycles. The van der Waals surface area contributed by atoms with Crippen LogP contribution in [0, 0.1) is 11.8 Å². The van der Waals surface area contributed by atoms with Crippen molar-refractivity contribution in [3.05, 3.63) is 29.8 Å². The largest absolute Gasteiger partial charge is 0.395 e. The molecule has 0 aromatic heterocycles. The first kappa shape index (κ1) is 16.7. The molecule has 0 aliphatic carbocycles. The Hall–Kier alpha value is -1.35. The Kier molecular flexibility index (Phi) is 6.73. The zero-order valence-corrected chi connectivity index (χ0v) is 12.8. The second kappa shape index (κ2) is 8.05. The fourth-order valence-electron chi connectivity index (χ4n) is 1.80. The van der Waals surface area contributed by atoms with Crippen LogP contribution in [-0.2, 0) is 10.0 Å². The highest BCUT2D eigenvalue weighted by atomic mass is 32.2. The van der Waals surface area contributed by atoms with Crippen molar-refractivity contribution >= 4 is 10.0 Å². The van der Waals surface area contributed by atoms with Crippen molar-refractivity contribution in [1.82, 2.24) is 4.31 Å². The van der Waals surface area contributed by atoms with Gasteiger partial charge in [-0.25, -0.2) is 8.42 Å². The van der Waals surface area contributed by atoms with E-state index in [0.717, 1.165) is 6.42 Å². The normalized spacial score (nSPS) is 11.2. The van der Waals surface area contributed by atoms with Gasteiger partial charge in [0.15, 0.2) is 0 Å². The zero-order valence-electron chi connectivity index (χ0n) is 12.0. The second-order valence-corrected chi connectivity index (χ2v) is 6.24. The summed E-state index contributed by atoms with van der Waals surface area (Å²) in [7, 11) is -3.45. The molecule has 20 heavy (non-hydrogen) atoms. The summed E-state index contributed by atoms with van der Waals surface area (Å²) >= 11 is 0. The van der Waals surface area contributed by atoms with Crippen molar-refractivity contribution in [2.45, 2.75) is 31.6 Å². The third-order valence-electron chi connectivity index (χ3n) is 2.77. The molecule has 1 aromatic rings. The van der Waals surface area contributed by atoms with E-state index in [2.05, 4.69) is 11.8 Å². The Morgan fingerprint density at radius 1 is 1.30 bits per heavy atom. The molecule has 0 unspecified atom stereocenters. The molecule has 0 amide bonds. The molecule has 5 heteroatoms. The van der Waals surface area contributed by atoms with Crippen LogP contribution in [0.2, 0.25) is 0 Å². The molecule has 110 valence electrons. The van der Waals surface area contributed by atoms with Gasteiger partial charge in [-0.3, -0.25) is 0 Å². The van der Waals surface area contributed by atoms with Crippen LogP contribution < -0.4 is 0 Å². The van der Waals surface area contributed by atoms with Gasteiger partial charge in [0.25, 0.3) is 0 Å². The second-order valence-electron chi connectivity index (χ2n) is 4.30. The molecule has 4 nitrogen and oxygen atoms in total. The Balaban J connectivity index is 3.07. The minimum Gasteiger partial charge on any atom is -0.395 e. The summed E-state index contributed by atoms with van der Waals surface area (Å²) in [5.41, 5.74) is 0.645. The average molecular weight is 295 g/mol. The van der Waals surface area contributed by atoms with Gasteiger partial charge < -0.3 is 5.11 Å². The highest BCUT2D eigenvalue weighted by molar-refractivity contribution is 7.89. The molecule has 1 N–H and O–H groups in total. The van der Waals surface area contributed by atoms with Gasteiger partial charge in [-0.15, -0.1) is 0 Å². The van der Waals surface area contributed by atoms with Crippen molar-refractivity contribution in [3.63, 3.8) is 0 Å². The number of aliphatic hydroxyl groups excluding tert-OH is 1. The van der Waals surface area contributed by atoms with Crippen LogP contribution in [-0.4, -0.2) is 37.5 Å². The van der Waals surface area contributed by atoms with Gasteiger partial charge in [0.2, 0.25) is 10.0 Å². The van der Waals surface area contributed by atoms with E-state index >= 15 is 0 Å². The molecule has 0 bridgehead atoms. The molecule has 0 aliphatic heterocycles. The Morgan fingerprint density at radius 2 is 2.05 bits per heavy atom. The van der Waals surface area contributed by atoms with Crippen molar-refractivity contribution in [2.24, 2.45) is 0 Å². The van der Waals surface area contributed by atoms with Gasteiger partial charge in [-0.05, 0) is 24.6 Å². The Bertz CT molecular complexity index is 585. The van der Waals surface area contributed by atoms with Crippen LogP contribution >= 0.6 is 0 Å². The summed E-state index contributed by atoms with van der Waals surface area (Å²) in [4.78, 5) is 0.267. The monoisotopic (exact) mass is 295 g/mol. The number of hydrogen-bond acceptors (Lipinski definition) is 3. The predicted molar refractivity (Wildman–Crippen MR) is 79.7 cm³/mol. The number of nitrogens with zero attached hydrogens (tertiary/aromatic N) is 1. The van der Waals surface area contributed by atoms with Crippen LogP contribution in [0.4, 0.5) is 0 Å². The van der Waals surface area contributed by atoms with Crippen molar-refractivity contribution in [1.29, 1.82) is 0 Å². The van der Waals surface area contributed by atoms with E-state index in [0.29, 0.717) is 25.1 Å². The van der Waals surface area contributed by atoms with E-state index in [-0.39, 0.29) is 11.5 Å². The lowest BCUT2D eigenvalue weighted by Gasteiger charge is -2.19. The first-order valence-electron chi connectivity index (χ1n) is 6.76. The maximum atomic E-state index is 12.5. The van der Waals surface area contributed by atoms with Crippen molar-refractivity contribution in [2.75, 3.05) is 19.7 Å². The van der Waals surface area contributed by atoms with E-state index in [9.17, 15) is 8.42 Å². The molecular weight excluding hydrogens is 274 g/mol. The van der Waals surface area contributed by atoms with Gasteiger partial charge in [0, 0.05) is 25.1 Å². The Labute approximate surface area is 121 Å². The topological polar surface area (TPSA) is 57.6 Å². The van der Waals surface area contributed by atoms with Crippen LogP contribution in [0.15, 0.2) is 29.2 Å². The first-order chi connectivity index (χ1) is 9.56.